The highest BCUT2D eigenvalue weighted by molar-refractivity contribution is 9.10. The molecule has 0 saturated carbocycles. The van der Waals surface area contributed by atoms with E-state index in [4.69, 9.17) is 4.74 Å². The number of ether oxygens (including phenoxy) is 1. The Balaban J connectivity index is 3.01. The second-order valence-electron chi connectivity index (χ2n) is 4.44. The molecule has 0 aliphatic rings. The van der Waals surface area contributed by atoms with Crippen molar-refractivity contribution in [3.8, 4) is 0 Å². The van der Waals surface area contributed by atoms with Crippen LogP contribution >= 0.6 is 15.9 Å². The Labute approximate surface area is 133 Å². The van der Waals surface area contributed by atoms with Crippen molar-refractivity contribution >= 4 is 26.0 Å². The Hall–Kier alpha value is -0.540. The summed E-state index contributed by atoms with van der Waals surface area (Å²) in [4.78, 5) is -0.360. The van der Waals surface area contributed by atoms with E-state index in [0.29, 0.717) is 10.0 Å². The number of nitrogens with one attached hydrogen (secondary N) is 2. The minimum absolute atomic E-state index is 0.0915. The van der Waals surface area contributed by atoms with Gasteiger partial charge in [0.25, 0.3) is 0 Å². The van der Waals surface area contributed by atoms with Gasteiger partial charge in [0, 0.05) is 30.2 Å². The molecule has 0 aliphatic heterocycles. The minimum Gasteiger partial charge on any atom is -0.383 e. The second kappa shape index (κ2) is 8.79. The van der Waals surface area contributed by atoms with Gasteiger partial charge in [-0.15, -0.1) is 0 Å². The molecule has 0 radical (unpaired) electrons. The first-order valence-corrected chi connectivity index (χ1v) is 8.87. The molecular weight excluding hydrogens is 363 g/mol. The lowest BCUT2D eigenvalue weighted by molar-refractivity contribution is 0.204. The quantitative estimate of drug-likeness (QED) is 0.641. The molecule has 0 fully saturated rings. The van der Waals surface area contributed by atoms with Crippen LogP contribution in [0.5, 0.6) is 0 Å². The zero-order valence-corrected chi connectivity index (χ0v) is 14.5. The van der Waals surface area contributed by atoms with Gasteiger partial charge in [0.2, 0.25) is 10.0 Å². The van der Waals surface area contributed by atoms with E-state index in [0.717, 1.165) is 13.0 Å². The molecule has 1 aromatic carbocycles. The maximum Gasteiger partial charge on any atom is 0.243 e. The molecule has 0 aliphatic carbocycles. The first-order valence-electron chi connectivity index (χ1n) is 6.59. The molecule has 0 atom stereocenters. The summed E-state index contributed by atoms with van der Waals surface area (Å²) < 4.78 is 46.2. The van der Waals surface area contributed by atoms with Crippen molar-refractivity contribution in [2.75, 3.05) is 26.8 Å². The van der Waals surface area contributed by atoms with Crippen LogP contribution in [0.15, 0.2) is 21.5 Å². The van der Waals surface area contributed by atoms with Crippen molar-refractivity contribution < 1.29 is 17.5 Å². The molecule has 0 heterocycles. The van der Waals surface area contributed by atoms with Gasteiger partial charge in [0.05, 0.1) is 6.61 Å². The SMILES string of the molecule is CCCNCc1cc(Br)cc(S(=O)(=O)NCCOC)c1F. The third-order valence-electron chi connectivity index (χ3n) is 2.71. The molecule has 0 unspecified atom stereocenters. The number of benzene rings is 1. The molecule has 21 heavy (non-hydrogen) atoms. The predicted molar refractivity (Wildman–Crippen MR) is 83.2 cm³/mol. The van der Waals surface area contributed by atoms with Gasteiger partial charge in [-0.1, -0.05) is 22.9 Å². The number of hydrogen-bond donors (Lipinski definition) is 2. The maximum absolute atomic E-state index is 14.4. The zero-order valence-electron chi connectivity index (χ0n) is 12.1. The Morgan fingerprint density at radius 2 is 2.05 bits per heavy atom. The third-order valence-corrected chi connectivity index (χ3v) is 4.63. The van der Waals surface area contributed by atoms with Gasteiger partial charge < -0.3 is 10.1 Å². The van der Waals surface area contributed by atoms with Crippen LogP contribution in [-0.4, -0.2) is 35.2 Å². The Morgan fingerprint density at radius 1 is 1.33 bits per heavy atom. The van der Waals surface area contributed by atoms with Crippen LogP contribution in [0.25, 0.3) is 0 Å². The molecule has 0 spiro atoms. The minimum atomic E-state index is -3.90. The first kappa shape index (κ1) is 18.5. The lowest BCUT2D eigenvalue weighted by Gasteiger charge is -2.12. The van der Waals surface area contributed by atoms with Crippen LogP contribution in [0.4, 0.5) is 4.39 Å². The summed E-state index contributed by atoms with van der Waals surface area (Å²) in [5, 5.41) is 3.05. The molecule has 5 nitrogen and oxygen atoms in total. The van der Waals surface area contributed by atoms with E-state index in [-0.39, 0.29) is 24.6 Å². The molecule has 0 aromatic heterocycles. The number of methoxy groups -OCH3 is 1. The fourth-order valence-electron chi connectivity index (χ4n) is 1.70. The summed E-state index contributed by atoms with van der Waals surface area (Å²) in [5.74, 6) is -0.730. The first-order chi connectivity index (χ1) is 9.92. The summed E-state index contributed by atoms with van der Waals surface area (Å²) in [6.45, 7) is 3.33. The molecule has 2 N–H and O–H groups in total. The molecule has 8 heteroatoms. The summed E-state index contributed by atoms with van der Waals surface area (Å²) in [6, 6.07) is 2.83. The fraction of sp³-hybridized carbons (Fsp3) is 0.538. The normalized spacial score (nSPS) is 11.8. The van der Waals surface area contributed by atoms with E-state index >= 15 is 0 Å². The average Bonchev–Trinajstić information content (AvgIpc) is 2.42. The number of sulfonamides is 1. The molecule has 1 aromatic rings. The van der Waals surface area contributed by atoms with Crippen molar-refractivity contribution in [3.05, 3.63) is 28.0 Å². The summed E-state index contributed by atoms with van der Waals surface area (Å²) in [7, 11) is -2.44. The number of rotatable bonds is 9. The van der Waals surface area contributed by atoms with Gasteiger partial charge >= 0.3 is 0 Å². The lowest BCUT2D eigenvalue weighted by atomic mass is 10.2. The monoisotopic (exact) mass is 382 g/mol. The van der Waals surface area contributed by atoms with Gasteiger partial charge in [-0.25, -0.2) is 17.5 Å². The number of hydrogen-bond acceptors (Lipinski definition) is 4. The summed E-state index contributed by atoms with van der Waals surface area (Å²) in [6.07, 6.45) is 0.916. The van der Waals surface area contributed by atoms with Crippen LogP contribution in [0, 0.1) is 5.82 Å². The highest BCUT2D eigenvalue weighted by Crippen LogP contribution is 2.24. The zero-order chi connectivity index (χ0) is 15.9. The van der Waals surface area contributed by atoms with Crippen molar-refractivity contribution in [1.29, 1.82) is 0 Å². The van der Waals surface area contributed by atoms with Crippen molar-refractivity contribution in [1.82, 2.24) is 10.0 Å². The van der Waals surface area contributed by atoms with Crippen LogP contribution in [0.1, 0.15) is 18.9 Å². The van der Waals surface area contributed by atoms with Gasteiger partial charge in [-0.3, -0.25) is 0 Å². The van der Waals surface area contributed by atoms with Gasteiger partial charge in [0.15, 0.2) is 0 Å². The van der Waals surface area contributed by atoms with E-state index in [1.165, 1.54) is 13.2 Å². The summed E-state index contributed by atoms with van der Waals surface area (Å²) >= 11 is 3.22. The second-order valence-corrected chi connectivity index (χ2v) is 7.10. The van der Waals surface area contributed by atoms with Crippen LogP contribution < -0.4 is 10.0 Å². The summed E-state index contributed by atoms with van der Waals surface area (Å²) in [5.41, 5.74) is 0.310. The van der Waals surface area contributed by atoms with E-state index in [1.807, 2.05) is 6.92 Å². The Morgan fingerprint density at radius 3 is 2.67 bits per heavy atom. The van der Waals surface area contributed by atoms with Crippen LogP contribution in [0.2, 0.25) is 0 Å². The molecule has 0 bridgehead atoms. The Kier molecular flexibility index (Phi) is 7.75. The largest absolute Gasteiger partial charge is 0.383 e. The van der Waals surface area contributed by atoms with E-state index in [1.54, 1.807) is 6.07 Å². The average molecular weight is 383 g/mol. The van der Waals surface area contributed by atoms with Crippen LogP contribution in [0.3, 0.4) is 0 Å². The smallest absolute Gasteiger partial charge is 0.243 e. The topological polar surface area (TPSA) is 67.4 Å². The van der Waals surface area contributed by atoms with Gasteiger partial charge in [-0.2, -0.15) is 0 Å². The number of halogens is 2. The van der Waals surface area contributed by atoms with Gasteiger partial charge in [-0.05, 0) is 25.1 Å². The van der Waals surface area contributed by atoms with E-state index < -0.39 is 15.8 Å². The highest BCUT2D eigenvalue weighted by Gasteiger charge is 2.21. The van der Waals surface area contributed by atoms with Crippen molar-refractivity contribution in [2.45, 2.75) is 24.8 Å². The third kappa shape index (κ3) is 5.63. The molecule has 120 valence electrons. The maximum atomic E-state index is 14.4. The fourth-order valence-corrected chi connectivity index (χ4v) is 3.51. The molecule has 1 rings (SSSR count). The highest BCUT2D eigenvalue weighted by atomic mass is 79.9. The van der Waals surface area contributed by atoms with Crippen molar-refractivity contribution in [2.24, 2.45) is 0 Å². The lowest BCUT2D eigenvalue weighted by Crippen LogP contribution is -2.28. The molecule has 0 amide bonds. The molecular formula is C13H20BrFN2O3S. The molecule has 0 saturated heterocycles. The van der Waals surface area contributed by atoms with E-state index in [9.17, 15) is 12.8 Å². The van der Waals surface area contributed by atoms with Gasteiger partial charge in [0.1, 0.15) is 10.7 Å². The Bertz CT molecular complexity index is 567. The predicted octanol–water partition coefficient (Wildman–Crippen LogP) is 2.01. The van der Waals surface area contributed by atoms with Crippen LogP contribution in [-0.2, 0) is 21.3 Å². The standard InChI is InChI=1S/C13H20BrFN2O3S/c1-3-4-16-9-10-7-11(14)8-12(13(10)15)21(18,19)17-5-6-20-2/h7-8,16-17H,3-6,9H2,1-2H3. The van der Waals surface area contributed by atoms with Crippen molar-refractivity contribution in [3.63, 3.8) is 0 Å². The van der Waals surface area contributed by atoms with E-state index in [2.05, 4.69) is 26.0 Å².